The van der Waals surface area contributed by atoms with Gasteiger partial charge in [-0.15, -0.1) is 0 Å². The lowest BCUT2D eigenvalue weighted by Crippen LogP contribution is -2.25. The molecule has 0 aromatic heterocycles. The molecule has 3 heteroatoms. The molecule has 0 N–H and O–H groups in total. The molecule has 51 heavy (non-hydrogen) atoms. The minimum Gasteiger partial charge on any atom is -0.372 e. The minimum atomic E-state index is 0.972. The Balaban J connectivity index is 1.90. The van der Waals surface area contributed by atoms with Crippen LogP contribution in [0.15, 0.2) is 54.6 Å². The molecule has 3 aromatic carbocycles. The Kier molecular flexibility index (Phi) is 16.9. The van der Waals surface area contributed by atoms with E-state index in [0.29, 0.717) is 0 Å². The highest BCUT2D eigenvalue weighted by atomic mass is 15.1. The average Bonchev–Trinajstić information content (AvgIpc) is 3.15. The smallest absolute Gasteiger partial charge is 0.0426 e. The third kappa shape index (κ3) is 11.9. The van der Waals surface area contributed by atoms with Gasteiger partial charge in [-0.3, -0.25) is 0 Å². The third-order valence-corrected chi connectivity index (χ3v) is 9.79. The molecule has 0 radical (unpaired) electrons. The van der Waals surface area contributed by atoms with Crippen molar-refractivity contribution in [2.75, 3.05) is 54.0 Å². The molecule has 0 heterocycles. The van der Waals surface area contributed by atoms with E-state index in [0.717, 1.165) is 72.6 Å². The number of fused-ring (bicyclic) bond motifs is 3. The summed E-state index contributed by atoms with van der Waals surface area (Å²) in [6, 6.07) is 20.2. The van der Waals surface area contributed by atoms with Gasteiger partial charge in [0.2, 0.25) is 0 Å². The highest BCUT2D eigenvalue weighted by Gasteiger charge is 2.13. The maximum Gasteiger partial charge on any atom is 0.0426 e. The van der Waals surface area contributed by atoms with Crippen LogP contribution >= 0.6 is 0 Å². The second-order valence-electron chi connectivity index (χ2n) is 14.0. The predicted octanol–water partition coefficient (Wildman–Crippen LogP) is 11.4. The van der Waals surface area contributed by atoms with Crippen molar-refractivity contribution in [2.45, 2.75) is 119 Å². The van der Waals surface area contributed by atoms with Crippen LogP contribution in [0, 0.1) is 35.5 Å². The minimum absolute atomic E-state index is 0.972. The summed E-state index contributed by atoms with van der Waals surface area (Å²) in [6.07, 6.45) is 14.2. The molecular weight excluding hydrogens is 619 g/mol. The molecule has 0 saturated heterocycles. The van der Waals surface area contributed by atoms with E-state index in [9.17, 15) is 0 Å². The summed E-state index contributed by atoms with van der Waals surface area (Å²) in [5, 5.41) is 0. The molecule has 0 atom stereocenters. The first kappa shape index (κ1) is 39.5. The SMILES string of the molecule is CCCCN(CCCC)c1ccc2c(c1)C#Cc1ccc(N(CCCC)CCCC)cc1C#Cc1ccc(N(CCCC)CCCC)cc1C#C2. The monoisotopic (exact) mass is 682 g/mol. The van der Waals surface area contributed by atoms with Gasteiger partial charge in [-0.05, 0) is 93.1 Å². The summed E-state index contributed by atoms with van der Waals surface area (Å²) in [7, 11) is 0. The van der Waals surface area contributed by atoms with Crippen LogP contribution < -0.4 is 14.7 Å². The Morgan fingerprint density at radius 3 is 0.745 bits per heavy atom. The molecule has 0 saturated carbocycles. The zero-order valence-corrected chi connectivity index (χ0v) is 32.8. The molecule has 1 aliphatic carbocycles. The van der Waals surface area contributed by atoms with Crippen LogP contribution in [0.5, 0.6) is 0 Å². The number of hydrogen-bond donors (Lipinski definition) is 0. The maximum atomic E-state index is 3.59. The standard InChI is InChI=1S/C48H63N3/c1-7-13-31-49(32-14-8-2)46-28-25-40-20-23-44-38-48(51(35-17-11-5)36-18-12-6)30-27-42(44)21-24-45-39-47(50(33-15-9-3)34-16-10-4)29-26-41(45)19-22-43(40)37-46/h25-30,37-39H,7-18,31-36H2,1-6H3. The summed E-state index contributed by atoms with van der Waals surface area (Å²) in [4.78, 5) is 7.61. The Labute approximate surface area is 312 Å². The molecule has 0 bridgehead atoms. The van der Waals surface area contributed by atoms with E-state index in [1.165, 1.54) is 94.1 Å². The predicted molar refractivity (Wildman–Crippen MR) is 223 cm³/mol. The number of anilines is 3. The summed E-state index contributed by atoms with van der Waals surface area (Å²) in [5.74, 6) is 21.5. The molecule has 3 nitrogen and oxygen atoms in total. The van der Waals surface area contributed by atoms with Crippen molar-refractivity contribution in [1.82, 2.24) is 0 Å². The van der Waals surface area contributed by atoms with Crippen LogP contribution in [-0.4, -0.2) is 39.3 Å². The molecule has 0 aliphatic heterocycles. The third-order valence-electron chi connectivity index (χ3n) is 9.79. The molecule has 0 spiro atoms. The lowest BCUT2D eigenvalue weighted by molar-refractivity contribution is 0.678. The topological polar surface area (TPSA) is 9.72 Å². The van der Waals surface area contributed by atoms with E-state index in [4.69, 9.17) is 0 Å². The van der Waals surface area contributed by atoms with Crippen LogP contribution in [0.4, 0.5) is 17.1 Å². The average molecular weight is 682 g/mol. The fourth-order valence-electron chi connectivity index (χ4n) is 6.43. The van der Waals surface area contributed by atoms with Crippen molar-refractivity contribution in [3.63, 3.8) is 0 Å². The first-order valence-electron chi connectivity index (χ1n) is 20.3. The number of nitrogens with zero attached hydrogens (tertiary/aromatic N) is 3. The van der Waals surface area contributed by atoms with E-state index < -0.39 is 0 Å². The Morgan fingerprint density at radius 2 is 0.529 bits per heavy atom. The lowest BCUT2D eigenvalue weighted by Gasteiger charge is -2.25. The first-order chi connectivity index (χ1) is 25.0. The van der Waals surface area contributed by atoms with Gasteiger partial charge >= 0.3 is 0 Å². The van der Waals surface area contributed by atoms with Gasteiger partial charge in [0, 0.05) is 89.7 Å². The first-order valence-corrected chi connectivity index (χ1v) is 20.3. The Hall–Kier alpha value is -4.26. The summed E-state index contributed by atoms with van der Waals surface area (Å²) < 4.78 is 0. The summed E-state index contributed by atoms with van der Waals surface area (Å²) in [6.45, 7) is 20.0. The van der Waals surface area contributed by atoms with Gasteiger partial charge in [-0.25, -0.2) is 0 Å². The van der Waals surface area contributed by atoms with Crippen molar-refractivity contribution >= 4 is 17.1 Å². The van der Waals surface area contributed by atoms with Crippen LogP contribution in [0.2, 0.25) is 0 Å². The van der Waals surface area contributed by atoms with E-state index >= 15 is 0 Å². The van der Waals surface area contributed by atoms with E-state index in [1.54, 1.807) is 0 Å². The van der Waals surface area contributed by atoms with E-state index in [2.05, 4.69) is 146 Å². The summed E-state index contributed by atoms with van der Waals surface area (Å²) in [5.41, 5.74) is 9.58. The fraction of sp³-hybridized carbons (Fsp3) is 0.500. The zero-order chi connectivity index (χ0) is 36.3. The molecule has 3 aromatic rings. The van der Waals surface area contributed by atoms with E-state index in [1.807, 2.05) is 0 Å². The van der Waals surface area contributed by atoms with Gasteiger partial charge in [0.25, 0.3) is 0 Å². The fourth-order valence-corrected chi connectivity index (χ4v) is 6.43. The van der Waals surface area contributed by atoms with Gasteiger partial charge in [-0.2, -0.15) is 0 Å². The number of benzene rings is 3. The van der Waals surface area contributed by atoms with Crippen molar-refractivity contribution in [1.29, 1.82) is 0 Å². The summed E-state index contributed by atoms with van der Waals surface area (Å²) >= 11 is 0. The molecular formula is C48H63N3. The van der Waals surface area contributed by atoms with Crippen molar-refractivity contribution in [3.8, 4) is 35.5 Å². The lowest BCUT2D eigenvalue weighted by atomic mass is 10.00. The highest BCUT2D eigenvalue weighted by Crippen LogP contribution is 2.25. The molecule has 0 fully saturated rings. The van der Waals surface area contributed by atoms with Crippen molar-refractivity contribution < 1.29 is 0 Å². The number of unbranched alkanes of at least 4 members (excludes halogenated alkanes) is 6. The normalized spacial score (nSPS) is 11.2. The van der Waals surface area contributed by atoms with Crippen LogP contribution in [0.25, 0.3) is 0 Å². The van der Waals surface area contributed by atoms with Crippen LogP contribution in [-0.2, 0) is 0 Å². The van der Waals surface area contributed by atoms with Gasteiger partial charge < -0.3 is 14.7 Å². The molecule has 0 unspecified atom stereocenters. The van der Waals surface area contributed by atoms with Crippen molar-refractivity contribution in [3.05, 3.63) is 88.0 Å². The highest BCUT2D eigenvalue weighted by molar-refractivity contribution is 5.68. The zero-order valence-electron chi connectivity index (χ0n) is 32.8. The van der Waals surface area contributed by atoms with Gasteiger partial charge in [0.1, 0.15) is 0 Å². The molecule has 1 aliphatic rings. The second-order valence-corrected chi connectivity index (χ2v) is 14.0. The molecule has 0 amide bonds. The largest absolute Gasteiger partial charge is 0.372 e. The molecule has 4 rings (SSSR count). The maximum absolute atomic E-state index is 3.59. The second kappa shape index (κ2) is 21.8. The number of rotatable bonds is 21. The Morgan fingerprint density at radius 1 is 0.314 bits per heavy atom. The molecule has 270 valence electrons. The van der Waals surface area contributed by atoms with Gasteiger partial charge in [-0.1, -0.05) is 116 Å². The number of hydrogen-bond acceptors (Lipinski definition) is 3. The van der Waals surface area contributed by atoms with Crippen molar-refractivity contribution in [2.24, 2.45) is 0 Å². The van der Waals surface area contributed by atoms with Gasteiger partial charge in [0.05, 0.1) is 0 Å². The quantitative estimate of drug-likeness (QED) is 0.0811. The van der Waals surface area contributed by atoms with E-state index in [-0.39, 0.29) is 0 Å². The Bertz CT molecular complexity index is 1490. The van der Waals surface area contributed by atoms with Gasteiger partial charge in [0.15, 0.2) is 0 Å². The van der Waals surface area contributed by atoms with Crippen LogP contribution in [0.3, 0.4) is 0 Å². The van der Waals surface area contributed by atoms with Crippen LogP contribution in [0.1, 0.15) is 152 Å².